The van der Waals surface area contributed by atoms with Gasteiger partial charge in [0.25, 0.3) is 10.0 Å². The van der Waals surface area contributed by atoms with E-state index in [1.807, 2.05) is 14.1 Å². The van der Waals surface area contributed by atoms with E-state index in [-0.39, 0.29) is 4.90 Å². The summed E-state index contributed by atoms with van der Waals surface area (Å²) in [5.74, 6) is 6.25. The van der Waals surface area contributed by atoms with Gasteiger partial charge < -0.3 is 4.90 Å². The van der Waals surface area contributed by atoms with Crippen LogP contribution in [0.3, 0.4) is 0 Å². The highest BCUT2D eigenvalue weighted by atomic mass is 32.2. The van der Waals surface area contributed by atoms with Gasteiger partial charge in [-0.1, -0.05) is 12.1 Å². The van der Waals surface area contributed by atoms with Crippen molar-refractivity contribution in [1.82, 2.24) is 9.91 Å². The molecule has 1 aliphatic heterocycles. The molecule has 0 aliphatic carbocycles. The van der Waals surface area contributed by atoms with Crippen LogP contribution in [0.15, 0.2) is 33.6 Å². The second-order valence-corrected chi connectivity index (χ2v) is 6.31. The highest BCUT2D eigenvalue weighted by Crippen LogP contribution is 2.26. The van der Waals surface area contributed by atoms with Crippen LogP contribution in [-0.4, -0.2) is 51.3 Å². The maximum atomic E-state index is 11.9. The predicted molar refractivity (Wildman–Crippen MR) is 74.2 cm³/mol. The minimum absolute atomic E-state index is 0.230. The zero-order chi connectivity index (χ0) is 14.0. The van der Waals surface area contributed by atoms with E-state index in [0.717, 1.165) is 13.0 Å². The number of nitrogens with zero attached hydrogens (tertiary/aromatic N) is 3. The second-order valence-electron chi connectivity index (χ2n) is 4.74. The van der Waals surface area contributed by atoms with Gasteiger partial charge in [0.05, 0.1) is 0 Å². The molecule has 0 atom stereocenters. The summed E-state index contributed by atoms with van der Waals surface area (Å²) >= 11 is 0. The molecule has 0 bridgehead atoms. The fraction of sp³-hybridized carbons (Fsp3) is 0.417. The Balaban J connectivity index is 2.18. The van der Waals surface area contributed by atoms with Gasteiger partial charge >= 0.3 is 0 Å². The van der Waals surface area contributed by atoms with E-state index in [9.17, 15) is 8.42 Å². The average molecular weight is 282 g/mol. The lowest BCUT2D eigenvalue weighted by Gasteiger charge is -2.19. The van der Waals surface area contributed by atoms with E-state index in [1.165, 1.54) is 5.01 Å². The molecule has 1 heterocycles. The number of nitrogens with two attached hydrogens (primary N) is 1. The van der Waals surface area contributed by atoms with Crippen molar-refractivity contribution in [3.05, 3.63) is 29.8 Å². The Morgan fingerprint density at radius 2 is 1.89 bits per heavy atom. The zero-order valence-corrected chi connectivity index (χ0v) is 11.9. The Hall–Kier alpha value is -1.44. The van der Waals surface area contributed by atoms with Crippen molar-refractivity contribution in [3.63, 3.8) is 0 Å². The van der Waals surface area contributed by atoms with Gasteiger partial charge in [0, 0.05) is 12.1 Å². The highest BCUT2D eigenvalue weighted by Gasteiger charge is 2.30. The van der Waals surface area contributed by atoms with Gasteiger partial charge in [0.15, 0.2) is 5.84 Å². The molecular formula is C12H18N4O2S. The van der Waals surface area contributed by atoms with Gasteiger partial charge in [-0.25, -0.2) is 5.84 Å². The molecule has 2 N–H and O–H groups in total. The molecule has 1 aliphatic rings. The molecule has 0 saturated carbocycles. The van der Waals surface area contributed by atoms with Gasteiger partial charge in [0.1, 0.15) is 4.90 Å². The van der Waals surface area contributed by atoms with Crippen molar-refractivity contribution in [2.45, 2.75) is 11.3 Å². The van der Waals surface area contributed by atoms with Gasteiger partial charge in [-0.05, 0) is 39.2 Å². The molecule has 0 saturated heterocycles. The Bertz CT molecular complexity index is 596. The van der Waals surface area contributed by atoms with E-state index >= 15 is 0 Å². The summed E-state index contributed by atoms with van der Waals surface area (Å²) in [4.78, 5) is 2.28. The lowest BCUT2D eigenvalue weighted by atomic mass is 10.2. The van der Waals surface area contributed by atoms with E-state index in [1.54, 1.807) is 24.3 Å². The van der Waals surface area contributed by atoms with Crippen molar-refractivity contribution >= 4 is 15.9 Å². The molecule has 0 aromatic heterocycles. The van der Waals surface area contributed by atoms with E-state index < -0.39 is 10.0 Å². The monoisotopic (exact) mass is 282 g/mol. The summed E-state index contributed by atoms with van der Waals surface area (Å²) in [5, 5.41) is 1.41. The van der Waals surface area contributed by atoms with Crippen molar-refractivity contribution in [3.8, 4) is 0 Å². The van der Waals surface area contributed by atoms with Gasteiger partial charge in [-0.2, -0.15) is 8.42 Å². The second kappa shape index (κ2) is 5.28. The minimum Gasteiger partial charge on any atom is -0.309 e. The Labute approximate surface area is 113 Å². The number of rotatable bonds is 4. The van der Waals surface area contributed by atoms with Crippen LogP contribution >= 0.6 is 0 Å². The maximum absolute atomic E-state index is 11.9. The fourth-order valence-electron chi connectivity index (χ4n) is 1.96. The van der Waals surface area contributed by atoms with Crippen molar-refractivity contribution < 1.29 is 8.42 Å². The first-order valence-corrected chi connectivity index (χ1v) is 7.47. The molecule has 0 amide bonds. The van der Waals surface area contributed by atoms with Crippen LogP contribution in [0.25, 0.3) is 0 Å². The lowest BCUT2D eigenvalue weighted by Crippen LogP contribution is -2.39. The van der Waals surface area contributed by atoms with Gasteiger partial charge in [-0.3, -0.25) is 5.01 Å². The molecule has 1 aromatic carbocycles. The molecule has 2 rings (SSSR count). The summed E-state index contributed by atoms with van der Waals surface area (Å²) in [5.41, 5.74) is 0.579. The molecule has 104 valence electrons. The number of fused-ring (bicyclic) bond motifs is 1. The molecule has 0 fully saturated rings. The smallest absolute Gasteiger partial charge is 0.285 e. The van der Waals surface area contributed by atoms with Crippen molar-refractivity contribution in [1.29, 1.82) is 0 Å². The topological polar surface area (TPSA) is 79.0 Å². The van der Waals surface area contributed by atoms with E-state index in [4.69, 9.17) is 5.84 Å². The third-order valence-corrected chi connectivity index (χ3v) is 4.21. The number of amidine groups is 1. The normalized spacial score (nSPS) is 16.3. The SMILES string of the molecule is CN(C)CCCN(N)C1=NS(=O)(=O)c2ccccc21. The van der Waals surface area contributed by atoms with Crippen molar-refractivity contribution in [2.75, 3.05) is 27.2 Å². The van der Waals surface area contributed by atoms with Crippen LogP contribution in [0.1, 0.15) is 12.0 Å². The summed E-state index contributed by atoms with van der Waals surface area (Å²) in [6, 6.07) is 6.74. The molecule has 0 unspecified atom stereocenters. The largest absolute Gasteiger partial charge is 0.309 e. The van der Waals surface area contributed by atoms with Crippen LogP contribution in [0.4, 0.5) is 0 Å². The predicted octanol–water partition coefficient (Wildman–Crippen LogP) is 0.263. The maximum Gasteiger partial charge on any atom is 0.285 e. The van der Waals surface area contributed by atoms with Crippen LogP contribution in [0, 0.1) is 0 Å². The first-order valence-electron chi connectivity index (χ1n) is 6.03. The Morgan fingerprint density at radius 3 is 2.58 bits per heavy atom. The van der Waals surface area contributed by atoms with Crippen LogP contribution in [0.2, 0.25) is 0 Å². The van der Waals surface area contributed by atoms with E-state index in [0.29, 0.717) is 17.9 Å². The number of hydrogen-bond acceptors (Lipinski definition) is 5. The average Bonchev–Trinajstić information content (AvgIpc) is 2.62. The van der Waals surface area contributed by atoms with Crippen molar-refractivity contribution in [2.24, 2.45) is 10.2 Å². The van der Waals surface area contributed by atoms with Crippen LogP contribution < -0.4 is 5.84 Å². The Morgan fingerprint density at radius 1 is 1.21 bits per heavy atom. The fourth-order valence-corrected chi connectivity index (χ4v) is 3.18. The number of sulfonamides is 1. The zero-order valence-electron chi connectivity index (χ0n) is 11.1. The van der Waals surface area contributed by atoms with Gasteiger partial charge in [-0.15, -0.1) is 4.40 Å². The Kier molecular flexibility index (Phi) is 3.88. The van der Waals surface area contributed by atoms with E-state index in [2.05, 4.69) is 9.30 Å². The summed E-state index contributed by atoms with van der Waals surface area (Å²) in [6.07, 6.45) is 0.838. The van der Waals surface area contributed by atoms with Gasteiger partial charge in [0.2, 0.25) is 0 Å². The third-order valence-electron chi connectivity index (χ3n) is 2.89. The standard InChI is InChI=1S/C12H18N4O2S/c1-15(2)8-5-9-16(13)12-10-6-3-4-7-11(10)19(17,18)14-12/h3-4,6-7H,5,8-9,13H2,1-2H3. The van der Waals surface area contributed by atoms with Crippen LogP contribution in [0.5, 0.6) is 0 Å². The molecule has 0 radical (unpaired) electrons. The number of hydrogen-bond donors (Lipinski definition) is 1. The summed E-state index contributed by atoms with van der Waals surface area (Å²) < 4.78 is 27.5. The highest BCUT2D eigenvalue weighted by molar-refractivity contribution is 7.90. The summed E-state index contributed by atoms with van der Waals surface area (Å²) in [6.45, 7) is 1.44. The third kappa shape index (κ3) is 2.94. The summed E-state index contributed by atoms with van der Waals surface area (Å²) in [7, 11) is 0.374. The minimum atomic E-state index is -3.59. The first kappa shape index (κ1) is 14.0. The quantitative estimate of drug-likeness (QED) is 0.633. The first-order chi connectivity index (χ1) is 8.92. The molecule has 1 aromatic rings. The number of benzene rings is 1. The lowest BCUT2D eigenvalue weighted by molar-refractivity contribution is 0.354. The molecular weight excluding hydrogens is 264 g/mol. The molecule has 0 spiro atoms. The number of hydrazine groups is 1. The molecule has 19 heavy (non-hydrogen) atoms. The molecule has 7 heteroatoms. The van der Waals surface area contributed by atoms with Crippen LogP contribution in [-0.2, 0) is 10.0 Å². The molecule has 6 nitrogen and oxygen atoms in total.